The van der Waals surface area contributed by atoms with Crippen LogP contribution in [0.1, 0.15) is 38.3 Å². The van der Waals surface area contributed by atoms with E-state index in [1.165, 1.54) is 0 Å². The molecule has 1 saturated carbocycles. The zero-order valence-corrected chi connectivity index (χ0v) is 14.6. The van der Waals surface area contributed by atoms with Gasteiger partial charge in [-0.25, -0.2) is 0 Å². The quantitative estimate of drug-likeness (QED) is 0.813. The van der Waals surface area contributed by atoms with Crippen LogP contribution in [0, 0.1) is 0 Å². The van der Waals surface area contributed by atoms with Crippen LogP contribution < -0.4 is 5.32 Å². The first-order valence-electron chi connectivity index (χ1n) is 8.73. The third kappa shape index (κ3) is 3.99. The molecule has 25 heavy (non-hydrogen) atoms. The third-order valence-electron chi connectivity index (χ3n) is 4.86. The summed E-state index contributed by atoms with van der Waals surface area (Å²) in [6, 6.07) is 13.6. The lowest BCUT2D eigenvalue weighted by atomic mass is 10.00. The SMILES string of the molecule is CC(NC(=O)CN(C1CC1)C(C)C(=O)O)c1cccc2ccccc12. The first kappa shape index (κ1) is 17.4. The molecule has 2 aromatic rings. The fourth-order valence-corrected chi connectivity index (χ4v) is 3.29. The van der Waals surface area contributed by atoms with Gasteiger partial charge in [0.25, 0.3) is 0 Å². The lowest BCUT2D eigenvalue weighted by Crippen LogP contribution is -2.46. The highest BCUT2D eigenvalue weighted by molar-refractivity contribution is 5.87. The second kappa shape index (κ2) is 7.23. The zero-order chi connectivity index (χ0) is 18.0. The molecule has 2 aromatic carbocycles. The normalized spacial score (nSPS) is 16.6. The lowest BCUT2D eigenvalue weighted by Gasteiger charge is -2.26. The molecule has 0 aromatic heterocycles. The van der Waals surface area contributed by atoms with E-state index in [0.717, 1.165) is 29.2 Å². The average molecular weight is 340 g/mol. The van der Waals surface area contributed by atoms with E-state index in [4.69, 9.17) is 0 Å². The molecule has 0 radical (unpaired) electrons. The minimum Gasteiger partial charge on any atom is -0.480 e. The summed E-state index contributed by atoms with van der Waals surface area (Å²) in [5.74, 6) is -1.03. The van der Waals surface area contributed by atoms with Gasteiger partial charge in [0.1, 0.15) is 6.04 Å². The number of nitrogens with one attached hydrogen (secondary N) is 1. The van der Waals surface area contributed by atoms with Crippen molar-refractivity contribution < 1.29 is 14.7 Å². The van der Waals surface area contributed by atoms with Gasteiger partial charge >= 0.3 is 5.97 Å². The molecule has 0 bridgehead atoms. The van der Waals surface area contributed by atoms with Crippen LogP contribution in [-0.2, 0) is 9.59 Å². The van der Waals surface area contributed by atoms with E-state index >= 15 is 0 Å². The van der Waals surface area contributed by atoms with E-state index in [2.05, 4.69) is 23.5 Å². The minimum absolute atomic E-state index is 0.118. The van der Waals surface area contributed by atoms with Crippen molar-refractivity contribution in [2.24, 2.45) is 0 Å². The molecule has 5 nitrogen and oxygen atoms in total. The minimum atomic E-state index is -0.887. The lowest BCUT2D eigenvalue weighted by molar-refractivity contribution is -0.143. The predicted molar refractivity (Wildman–Crippen MR) is 97.3 cm³/mol. The van der Waals surface area contributed by atoms with E-state index < -0.39 is 12.0 Å². The smallest absolute Gasteiger partial charge is 0.320 e. The van der Waals surface area contributed by atoms with Crippen molar-refractivity contribution in [3.8, 4) is 0 Å². The summed E-state index contributed by atoms with van der Waals surface area (Å²) in [5, 5.41) is 14.5. The van der Waals surface area contributed by atoms with Crippen LogP contribution in [0.25, 0.3) is 10.8 Å². The van der Waals surface area contributed by atoms with E-state index in [0.29, 0.717) is 0 Å². The van der Waals surface area contributed by atoms with Crippen LogP contribution in [0.3, 0.4) is 0 Å². The number of hydrogen-bond donors (Lipinski definition) is 2. The number of benzene rings is 2. The van der Waals surface area contributed by atoms with Gasteiger partial charge in [-0.1, -0.05) is 42.5 Å². The maximum Gasteiger partial charge on any atom is 0.320 e. The molecule has 2 unspecified atom stereocenters. The average Bonchev–Trinajstić information content (AvgIpc) is 3.43. The Morgan fingerprint density at radius 2 is 1.84 bits per heavy atom. The van der Waals surface area contributed by atoms with Gasteiger partial charge in [-0.3, -0.25) is 14.5 Å². The highest BCUT2D eigenvalue weighted by atomic mass is 16.4. The second-order valence-corrected chi connectivity index (χ2v) is 6.78. The molecule has 5 heteroatoms. The molecule has 3 rings (SSSR count). The van der Waals surface area contributed by atoms with E-state index in [9.17, 15) is 14.7 Å². The molecular formula is C20H24N2O3. The maximum atomic E-state index is 12.5. The Morgan fingerprint density at radius 3 is 2.52 bits per heavy atom. The summed E-state index contributed by atoms with van der Waals surface area (Å²) < 4.78 is 0. The Morgan fingerprint density at radius 1 is 1.16 bits per heavy atom. The predicted octanol–water partition coefficient (Wildman–Crippen LogP) is 2.95. The van der Waals surface area contributed by atoms with Gasteiger partial charge in [0.2, 0.25) is 5.91 Å². The third-order valence-corrected chi connectivity index (χ3v) is 4.86. The summed E-state index contributed by atoms with van der Waals surface area (Å²) in [6.07, 6.45) is 1.92. The Balaban J connectivity index is 1.70. The van der Waals surface area contributed by atoms with Crippen molar-refractivity contribution in [3.63, 3.8) is 0 Å². The number of carboxylic acid groups (broad SMARTS) is 1. The van der Waals surface area contributed by atoms with Gasteiger partial charge < -0.3 is 10.4 Å². The first-order valence-corrected chi connectivity index (χ1v) is 8.73. The number of carbonyl (C=O) groups excluding carboxylic acids is 1. The number of carbonyl (C=O) groups is 2. The molecule has 0 saturated heterocycles. The van der Waals surface area contributed by atoms with Crippen molar-refractivity contribution in [2.45, 2.75) is 44.8 Å². The van der Waals surface area contributed by atoms with E-state index in [1.54, 1.807) is 11.8 Å². The van der Waals surface area contributed by atoms with Crippen LogP contribution in [0.4, 0.5) is 0 Å². The van der Waals surface area contributed by atoms with Crippen LogP contribution in [0.5, 0.6) is 0 Å². The molecule has 0 spiro atoms. The molecule has 2 atom stereocenters. The molecular weight excluding hydrogens is 316 g/mol. The number of amides is 1. The van der Waals surface area contributed by atoms with Crippen molar-refractivity contribution >= 4 is 22.6 Å². The number of rotatable bonds is 7. The standard InChI is InChI=1S/C20H24N2O3/c1-13(17-9-5-7-15-6-3-4-8-18(15)17)21-19(23)12-22(16-10-11-16)14(2)20(24)25/h3-9,13-14,16H,10-12H2,1-2H3,(H,21,23)(H,24,25). The van der Waals surface area contributed by atoms with Crippen molar-refractivity contribution in [3.05, 3.63) is 48.0 Å². The maximum absolute atomic E-state index is 12.5. The Hall–Kier alpha value is -2.40. The number of nitrogens with zero attached hydrogens (tertiary/aromatic N) is 1. The summed E-state index contributed by atoms with van der Waals surface area (Å²) in [4.78, 5) is 25.5. The molecule has 0 aliphatic heterocycles. The summed E-state index contributed by atoms with van der Waals surface area (Å²) in [7, 11) is 0. The van der Waals surface area contributed by atoms with Crippen LogP contribution in [-0.4, -0.2) is 40.5 Å². The van der Waals surface area contributed by atoms with Crippen molar-refractivity contribution in [1.29, 1.82) is 0 Å². The Kier molecular flexibility index (Phi) is 5.04. The zero-order valence-electron chi connectivity index (χ0n) is 14.6. The monoisotopic (exact) mass is 340 g/mol. The number of carboxylic acids is 1. The number of fused-ring (bicyclic) bond motifs is 1. The molecule has 1 aliphatic rings. The Bertz CT molecular complexity index is 780. The fraction of sp³-hybridized carbons (Fsp3) is 0.400. The first-order chi connectivity index (χ1) is 12.0. The largest absolute Gasteiger partial charge is 0.480 e. The second-order valence-electron chi connectivity index (χ2n) is 6.78. The highest BCUT2D eigenvalue weighted by Crippen LogP contribution is 2.29. The van der Waals surface area contributed by atoms with Gasteiger partial charge in [-0.05, 0) is 43.0 Å². The summed E-state index contributed by atoms with van der Waals surface area (Å²) in [5.41, 5.74) is 1.07. The van der Waals surface area contributed by atoms with E-state index in [1.807, 2.05) is 31.2 Å². The molecule has 1 aliphatic carbocycles. The molecule has 0 heterocycles. The van der Waals surface area contributed by atoms with Crippen LogP contribution in [0.15, 0.2) is 42.5 Å². The molecule has 2 N–H and O–H groups in total. The van der Waals surface area contributed by atoms with Crippen molar-refractivity contribution in [1.82, 2.24) is 10.2 Å². The Labute approximate surface area is 147 Å². The van der Waals surface area contributed by atoms with Gasteiger partial charge in [-0.15, -0.1) is 0 Å². The van der Waals surface area contributed by atoms with Gasteiger partial charge in [0.05, 0.1) is 12.6 Å². The molecule has 1 amide bonds. The molecule has 132 valence electrons. The number of hydrogen-bond acceptors (Lipinski definition) is 3. The number of aliphatic carboxylic acids is 1. The molecule has 1 fully saturated rings. The van der Waals surface area contributed by atoms with Crippen LogP contribution in [0.2, 0.25) is 0 Å². The summed E-state index contributed by atoms with van der Waals surface area (Å²) >= 11 is 0. The highest BCUT2D eigenvalue weighted by Gasteiger charge is 2.36. The van der Waals surface area contributed by atoms with E-state index in [-0.39, 0.29) is 24.5 Å². The van der Waals surface area contributed by atoms with Gasteiger partial charge in [0.15, 0.2) is 0 Å². The topological polar surface area (TPSA) is 69.6 Å². The van der Waals surface area contributed by atoms with Crippen LogP contribution >= 0.6 is 0 Å². The van der Waals surface area contributed by atoms with Gasteiger partial charge in [-0.2, -0.15) is 0 Å². The fourth-order valence-electron chi connectivity index (χ4n) is 3.29. The summed E-state index contributed by atoms with van der Waals surface area (Å²) in [6.45, 7) is 3.72. The van der Waals surface area contributed by atoms with Gasteiger partial charge in [0, 0.05) is 6.04 Å². The van der Waals surface area contributed by atoms with Crippen molar-refractivity contribution in [2.75, 3.05) is 6.54 Å².